The smallest absolute Gasteiger partial charge is 0.243 e. The summed E-state index contributed by atoms with van der Waals surface area (Å²) in [4.78, 5) is 23.2. The van der Waals surface area contributed by atoms with Gasteiger partial charge in [0, 0.05) is 0 Å². The SMILES string of the molecule is O=C1[C@@H]2[C@H](C(=O)N1Br)[C@@H]1C=C[C@H]2C1. The van der Waals surface area contributed by atoms with Crippen molar-refractivity contribution in [2.45, 2.75) is 6.42 Å². The number of halogens is 1. The average molecular weight is 242 g/mol. The maximum absolute atomic E-state index is 11.6. The van der Waals surface area contributed by atoms with Gasteiger partial charge in [-0.15, -0.1) is 0 Å². The van der Waals surface area contributed by atoms with Crippen molar-refractivity contribution >= 4 is 28.0 Å². The Morgan fingerprint density at radius 2 is 1.62 bits per heavy atom. The summed E-state index contributed by atoms with van der Waals surface area (Å²) < 4.78 is 1.12. The first-order valence-electron chi connectivity index (χ1n) is 4.42. The Bertz CT molecular complexity index is 309. The molecule has 0 unspecified atom stereocenters. The number of imide groups is 1. The lowest BCUT2D eigenvalue weighted by Crippen LogP contribution is -2.22. The minimum atomic E-state index is -0.0677. The maximum Gasteiger partial charge on any atom is 0.243 e. The van der Waals surface area contributed by atoms with Gasteiger partial charge in [-0.3, -0.25) is 9.59 Å². The molecule has 4 atom stereocenters. The predicted octanol–water partition coefficient (Wildman–Crippen LogP) is 1.10. The number of hydrogen-bond acceptors (Lipinski definition) is 2. The molecule has 3 rings (SSSR count). The predicted molar refractivity (Wildman–Crippen MR) is 48.5 cm³/mol. The van der Waals surface area contributed by atoms with Gasteiger partial charge in [0.2, 0.25) is 11.8 Å². The normalized spacial score (nSPS) is 46.4. The van der Waals surface area contributed by atoms with E-state index in [1.165, 1.54) is 0 Å². The Morgan fingerprint density at radius 1 is 1.15 bits per heavy atom. The Morgan fingerprint density at radius 3 is 2.08 bits per heavy atom. The van der Waals surface area contributed by atoms with E-state index in [9.17, 15) is 9.59 Å². The lowest BCUT2D eigenvalue weighted by molar-refractivity contribution is -0.133. The Balaban J connectivity index is 2.08. The molecule has 0 spiro atoms. The van der Waals surface area contributed by atoms with Gasteiger partial charge in [0.05, 0.1) is 28.0 Å². The van der Waals surface area contributed by atoms with E-state index in [1.807, 2.05) is 0 Å². The van der Waals surface area contributed by atoms with E-state index in [-0.39, 0.29) is 23.7 Å². The van der Waals surface area contributed by atoms with E-state index in [4.69, 9.17) is 0 Å². The minimum absolute atomic E-state index is 0.0492. The summed E-state index contributed by atoms with van der Waals surface area (Å²) >= 11 is 3.01. The molecule has 13 heavy (non-hydrogen) atoms. The zero-order valence-corrected chi connectivity index (χ0v) is 8.40. The first-order valence-corrected chi connectivity index (χ1v) is 5.13. The van der Waals surface area contributed by atoms with Gasteiger partial charge in [0.15, 0.2) is 0 Å². The minimum Gasteiger partial charge on any atom is -0.273 e. The molecule has 0 aromatic heterocycles. The lowest BCUT2D eigenvalue weighted by Gasteiger charge is -2.14. The highest BCUT2D eigenvalue weighted by Gasteiger charge is 2.58. The summed E-state index contributed by atoms with van der Waals surface area (Å²) in [6.45, 7) is 0. The van der Waals surface area contributed by atoms with Gasteiger partial charge in [-0.1, -0.05) is 12.2 Å². The van der Waals surface area contributed by atoms with Crippen LogP contribution in [-0.4, -0.2) is 15.7 Å². The first kappa shape index (κ1) is 7.74. The highest BCUT2D eigenvalue weighted by Crippen LogP contribution is 2.52. The molecule has 0 N–H and O–H groups in total. The van der Waals surface area contributed by atoms with Crippen molar-refractivity contribution in [3.8, 4) is 0 Å². The van der Waals surface area contributed by atoms with Crippen molar-refractivity contribution in [3.63, 3.8) is 0 Å². The Hall–Kier alpha value is -0.640. The lowest BCUT2D eigenvalue weighted by atomic mass is 9.85. The molecule has 68 valence electrons. The van der Waals surface area contributed by atoms with Gasteiger partial charge in [-0.05, 0) is 18.3 Å². The number of rotatable bonds is 0. The van der Waals surface area contributed by atoms with Gasteiger partial charge >= 0.3 is 0 Å². The maximum atomic E-state index is 11.6. The summed E-state index contributed by atoms with van der Waals surface area (Å²) in [5.41, 5.74) is 0. The summed E-state index contributed by atoms with van der Waals surface area (Å²) in [6.07, 6.45) is 5.17. The summed E-state index contributed by atoms with van der Waals surface area (Å²) in [7, 11) is 0. The van der Waals surface area contributed by atoms with E-state index >= 15 is 0 Å². The van der Waals surface area contributed by atoms with Crippen LogP contribution in [-0.2, 0) is 9.59 Å². The van der Waals surface area contributed by atoms with Crippen LogP contribution >= 0.6 is 16.1 Å². The number of amides is 2. The molecule has 3 nitrogen and oxygen atoms in total. The molecule has 3 aliphatic rings. The number of fused-ring (bicyclic) bond motifs is 5. The van der Waals surface area contributed by atoms with Crippen LogP contribution in [0.1, 0.15) is 6.42 Å². The number of hydrogen-bond donors (Lipinski definition) is 0. The van der Waals surface area contributed by atoms with Gasteiger partial charge in [-0.25, -0.2) is 3.93 Å². The third kappa shape index (κ3) is 0.753. The largest absolute Gasteiger partial charge is 0.273 e. The molecular weight excluding hydrogens is 234 g/mol. The van der Waals surface area contributed by atoms with Crippen molar-refractivity contribution < 1.29 is 9.59 Å². The summed E-state index contributed by atoms with van der Waals surface area (Å²) in [6, 6.07) is 0. The Labute approximate surface area is 84.1 Å². The quantitative estimate of drug-likeness (QED) is 0.362. The fraction of sp³-hybridized carbons (Fsp3) is 0.556. The van der Waals surface area contributed by atoms with Crippen LogP contribution < -0.4 is 0 Å². The van der Waals surface area contributed by atoms with Crippen molar-refractivity contribution in [1.82, 2.24) is 3.93 Å². The molecule has 0 aromatic carbocycles. The fourth-order valence-electron chi connectivity index (χ4n) is 2.87. The van der Waals surface area contributed by atoms with Crippen molar-refractivity contribution in [1.29, 1.82) is 0 Å². The molecule has 0 aromatic rings. The van der Waals surface area contributed by atoms with E-state index in [0.717, 1.165) is 10.3 Å². The molecule has 2 bridgehead atoms. The molecule has 1 heterocycles. The van der Waals surface area contributed by atoms with Crippen molar-refractivity contribution in [3.05, 3.63) is 12.2 Å². The molecule has 2 aliphatic carbocycles. The zero-order valence-electron chi connectivity index (χ0n) is 6.81. The molecule has 4 heteroatoms. The van der Waals surface area contributed by atoms with Gasteiger partial charge in [0.1, 0.15) is 0 Å². The summed E-state index contributed by atoms with van der Waals surface area (Å²) in [5, 5.41) is 0. The standard InChI is InChI=1S/C9H8BrNO2/c10-11-8(12)6-4-1-2-5(3-4)7(6)9(11)13/h1-2,4-7H,3H2/t4-,5+,6-,7+. The van der Waals surface area contributed by atoms with E-state index in [0.29, 0.717) is 11.8 Å². The topological polar surface area (TPSA) is 37.4 Å². The molecule has 1 saturated carbocycles. The van der Waals surface area contributed by atoms with E-state index in [2.05, 4.69) is 28.3 Å². The second kappa shape index (κ2) is 2.23. The highest BCUT2D eigenvalue weighted by atomic mass is 79.9. The van der Waals surface area contributed by atoms with Gasteiger partial charge in [-0.2, -0.15) is 0 Å². The molecule has 1 saturated heterocycles. The monoisotopic (exact) mass is 241 g/mol. The van der Waals surface area contributed by atoms with Crippen LogP contribution in [0.2, 0.25) is 0 Å². The number of carbonyl (C=O) groups excluding carboxylic acids is 2. The molecule has 0 radical (unpaired) electrons. The summed E-state index contributed by atoms with van der Waals surface area (Å²) in [5.74, 6) is 0.394. The highest BCUT2D eigenvalue weighted by molar-refractivity contribution is 9.08. The Kier molecular flexibility index (Phi) is 1.33. The van der Waals surface area contributed by atoms with Crippen LogP contribution in [0.15, 0.2) is 12.2 Å². The van der Waals surface area contributed by atoms with E-state index in [1.54, 1.807) is 0 Å². The molecule has 2 fully saturated rings. The van der Waals surface area contributed by atoms with Crippen LogP contribution in [0, 0.1) is 23.7 Å². The molecule has 2 amide bonds. The second-order valence-corrected chi connectivity index (χ2v) is 4.67. The van der Waals surface area contributed by atoms with Crippen LogP contribution in [0.25, 0.3) is 0 Å². The fourth-order valence-corrected chi connectivity index (χ4v) is 3.34. The van der Waals surface area contributed by atoms with Crippen LogP contribution in [0.4, 0.5) is 0 Å². The zero-order chi connectivity index (χ0) is 9.16. The average Bonchev–Trinajstić information content (AvgIpc) is 2.76. The number of nitrogens with zero attached hydrogens (tertiary/aromatic N) is 1. The molecule has 1 aliphatic heterocycles. The third-order valence-electron chi connectivity index (χ3n) is 3.42. The third-order valence-corrected chi connectivity index (χ3v) is 4.12. The van der Waals surface area contributed by atoms with Crippen LogP contribution in [0.5, 0.6) is 0 Å². The van der Waals surface area contributed by atoms with Gasteiger partial charge < -0.3 is 0 Å². The second-order valence-electron chi connectivity index (χ2n) is 3.96. The van der Waals surface area contributed by atoms with Crippen LogP contribution in [0.3, 0.4) is 0 Å². The van der Waals surface area contributed by atoms with Crippen molar-refractivity contribution in [2.75, 3.05) is 0 Å². The van der Waals surface area contributed by atoms with Gasteiger partial charge in [0.25, 0.3) is 0 Å². The van der Waals surface area contributed by atoms with E-state index < -0.39 is 0 Å². The number of allylic oxidation sites excluding steroid dienone is 2. The first-order chi connectivity index (χ1) is 6.20. The van der Waals surface area contributed by atoms with Crippen molar-refractivity contribution in [2.24, 2.45) is 23.7 Å². The molecular formula is C9H8BrNO2. The number of carbonyl (C=O) groups is 2.